The number of hydrogen-bond donors (Lipinski definition) is 1. The molecule has 1 fully saturated rings. The van der Waals surface area contributed by atoms with E-state index in [1.165, 1.54) is 7.11 Å². The highest BCUT2D eigenvalue weighted by atomic mass is 32.1. The van der Waals surface area contributed by atoms with Gasteiger partial charge < -0.3 is 19.4 Å². The summed E-state index contributed by atoms with van der Waals surface area (Å²) in [5.41, 5.74) is 0.872. The highest BCUT2D eigenvalue weighted by Crippen LogP contribution is 2.38. The van der Waals surface area contributed by atoms with Crippen molar-refractivity contribution in [3.8, 4) is 0 Å². The fraction of sp³-hybridized carbons (Fsp3) is 0.312. The van der Waals surface area contributed by atoms with Gasteiger partial charge in [-0.25, -0.2) is 0 Å². The van der Waals surface area contributed by atoms with Crippen molar-refractivity contribution in [1.82, 2.24) is 15.2 Å². The van der Waals surface area contributed by atoms with E-state index in [4.69, 9.17) is 21.4 Å². The minimum atomic E-state index is -0.271. The van der Waals surface area contributed by atoms with Crippen molar-refractivity contribution < 1.29 is 13.9 Å². The van der Waals surface area contributed by atoms with Crippen molar-refractivity contribution in [1.29, 1.82) is 0 Å². The number of methoxy groups -OCH3 is 1. The molecule has 1 aliphatic heterocycles. The van der Waals surface area contributed by atoms with Crippen LogP contribution in [0.15, 0.2) is 47.2 Å². The van der Waals surface area contributed by atoms with Gasteiger partial charge in [0.05, 0.1) is 31.5 Å². The van der Waals surface area contributed by atoms with Crippen LogP contribution in [0.4, 0.5) is 0 Å². The SMILES string of the molecule is COC(=O)CCN1C(=S)N[C@@H](c2ccccn2)[C@H]1c1ccco1. The summed E-state index contributed by atoms with van der Waals surface area (Å²) in [4.78, 5) is 17.8. The van der Waals surface area contributed by atoms with E-state index in [9.17, 15) is 4.79 Å². The van der Waals surface area contributed by atoms with Gasteiger partial charge >= 0.3 is 5.97 Å². The molecule has 0 aromatic carbocycles. The van der Waals surface area contributed by atoms with Crippen molar-refractivity contribution in [2.45, 2.75) is 18.5 Å². The maximum atomic E-state index is 11.5. The number of rotatable bonds is 5. The number of aromatic nitrogens is 1. The molecule has 2 atom stereocenters. The summed E-state index contributed by atoms with van der Waals surface area (Å²) < 4.78 is 10.3. The lowest BCUT2D eigenvalue weighted by Crippen LogP contribution is -2.31. The standard InChI is InChI=1S/C16H17N3O3S/c1-21-13(20)7-9-19-15(12-6-4-10-22-12)14(18-16(19)23)11-5-2-3-8-17-11/h2-6,8,10,14-15H,7,9H2,1H3,(H,18,23)/t14-,15+/m0/s1. The van der Waals surface area contributed by atoms with Crippen LogP contribution in [0.1, 0.15) is 30.0 Å². The molecule has 120 valence electrons. The van der Waals surface area contributed by atoms with Crippen molar-refractivity contribution in [3.63, 3.8) is 0 Å². The van der Waals surface area contributed by atoms with E-state index in [1.54, 1.807) is 12.5 Å². The van der Waals surface area contributed by atoms with Crippen LogP contribution in [0.5, 0.6) is 0 Å². The second-order valence-corrected chi connectivity index (χ2v) is 5.55. The number of nitrogens with zero attached hydrogens (tertiary/aromatic N) is 2. The molecule has 3 rings (SSSR count). The number of thiocarbonyl (C=S) groups is 1. The third kappa shape index (κ3) is 3.19. The smallest absolute Gasteiger partial charge is 0.307 e. The van der Waals surface area contributed by atoms with E-state index in [1.807, 2.05) is 35.2 Å². The van der Waals surface area contributed by atoms with E-state index < -0.39 is 0 Å². The van der Waals surface area contributed by atoms with E-state index in [-0.39, 0.29) is 24.5 Å². The molecule has 7 heteroatoms. The Bertz CT molecular complexity index is 675. The van der Waals surface area contributed by atoms with Crippen molar-refractivity contribution >= 4 is 23.3 Å². The number of nitrogens with one attached hydrogen (secondary N) is 1. The number of ether oxygens (including phenoxy) is 1. The Balaban J connectivity index is 1.89. The topological polar surface area (TPSA) is 67.6 Å². The number of carbonyl (C=O) groups is 1. The van der Waals surface area contributed by atoms with Crippen LogP contribution in [-0.2, 0) is 9.53 Å². The van der Waals surface area contributed by atoms with Crippen LogP contribution in [0, 0.1) is 0 Å². The Kier molecular flexibility index (Phi) is 4.57. The molecule has 2 aromatic rings. The van der Waals surface area contributed by atoms with Gasteiger partial charge in [0, 0.05) is 12.7 Å². The minimum absolute atomic E-state index is 0.132. The maximum absolute atomic E-state index is 11.5. The molecular formula is C16H17N3O3S. The van der Waals surface area contributed by atoms with Crippen molar-refractivity contribution in [2.24, 2.45) is 0 Å². The molecule has 0 unspecified atom stereocenters. The summed E-state index contributed by atoms with van der Waals surface area (Å²) in [5, 5.41) is 3.86. The average molecular weight is 331 g/mol. The van der Waals surface area contributed by atoms with Gasteiger partial charge in [-0.3, -0.25) is 9.78 Å². The Morgan fingerprint density at radius 1 is 1.43 bits per heavy atom. The van der Waals surface area contributed by atoms with Crippen molar-refractivity contribution in [3.05, 3.63) is 54.2 Å². The normalized spacial score (nSPS) is 20.4. The zero-order chi connectivity index (χ0) is 16.2. The molecular weight excluding hydrogens is 314 g/mol. The molecule has 1 aliphatic rings. The summed E-state index contributed by atoms with van der Waals surface area (Å²) in [7, 11) is 1.38. The number of carbonyl (C=O) groups excluding carboxylic acids is 1. The third-order valence-corrected chi connectivity index (χ3v) is 4.17. The van der Waals surface area contributed by atoms with Crippen LogP contribution in [-0.4, -0.2) is 34.6 Å². The summed E-state index contributed by atoms with van der Waals surface area (Å²) >= 11 is 5.45. The first-order chi connectivity index (χ1) is 11.2. The Labute approximate surface area is 139 Å². The molecule has 2 aromatic heterocycles. The highest BCUT2D eigenvalue weighted by Gasteiger charge is 2.41. The molecule has 0 bridgehead atoms. The number of furan rings is 1. The number of pyridine rings is 1. The highest BCUT2D eigenvalue weighted by molar-refractivity contribution is 7.80. The molecule has 3 heterocycles. The molecule has 0 spiro atoms. The fourth-order valence-corrected chi connectivity index (χ4v) is 3.06. The second-order valence-electron chi connectivity index (χ2n) is 5.16. The minimum Gasteiger partial charge on any atom is -0.469 e. The lowest BCUT2D eigenvalue weighted by Gasteiger charge is -2.25. The van der Waals surface area contributed by atoms with Crippen LogP contribution in [0.3, 0.4) is 0 Å². The first-order valence-corrected chi connectivity index (χ1v) is 7.70. The van der Waals surface area contributed by atoms with Gasteiger partial charge in [0.2, 0.25) is 0 Å². The Morgan fingerprint density at radius 2 is 2.30 bits per heavy atom. The molecule has 23 heavy (non-hydrogen) atoms. The molecule has 6 nitrogen and oxygen atoms in total. The largest absolute Gasteiger partial charge is 0.469 e. The van der Waals surface area contributed by atoms with E-state index >= 15 is 0 Å². The molecule has 0 saturated carbocycles. The first kappa shape index (κ1) is 15.5. The summed E-state index contributed by atoms with van der Waals surface area (Å²) in [6.45, 7) is 0.452. The van der Waals surface area contributed by atoms with Crippen LogP contribution >= 0.6 is 12.2 Å². The Morgan fingerprint density at radius 3 is 2.96 bits per heavy atom. The van der Waals surface area contributed by atoms with E-state index in [0.717, 1.165) is 11.5 Å². The Hall–Kier alpha value is -2.41. The first-order valence-electron chi connectivity index (χ1n) is 7.29. The van der Waals surface area contributed by atoms with Gasteiger partial charge in [0.15, 0.2) is 5.11 Å². The molecule has 1 N–H and O–H groups in total. The predicted molar refractivity (Wildman–Crippen MR) is 87.5 cm³/mol. The van der Waals surface area contributed by atoms with Gasteiger partial charge in [-0.05, 0) is 36.5 Å². The van der Waals surface area contributed by atoms with Gasteiger partial charge in [-0.15, -0.1) is 0 Å². The maximum Gasteiger partial charge on any atom is 0.307 e. The molecule has 0 aliphatic carbocycles. The summed E-state index contributed by atoms with van der Waals surface area (Å²) in [6.07, 6.45) is 3.63. The second kappa shape index (κ2) is 6.78. The monoisotopic (exact) mass is 331 g/mol. The summed E-state index contributed by atoms with van der Waals surface area (Å²) in [5.74, 6) is 0.505. The average Bonchev–Trinajstić information content (AvgIpc) is 3.21. The molecule has 0 amide bonds. The number of esters is 1. The lowest BCUT2D eigenvalue weighted by atomic mass is 10.0. The third-order valence-electron chi connectivity index (χ3n) is 3.82. The van der Waals surface area contributed by atoms with Gasteiger partial charge in [0.25, 0.3) is 0 Å². The van der Waals surface area contributed by atoms with Crippen molar-refractivity contribution in [2.75, 3.05) is 13.7 Å². The van der Waals surface area contributed by atoms with E-state index in [2.05, 4.69) is 10.3 Å². The molecule has 1 saturated heterocycles. The predicted octanol–water partition coefficient (Wildman–Crippen LogP) is 2.21. The van der Waals surface area contributed by atoms with Gasteiger partial charge in [0.1, 0.15) is 11.8 Å². The number of hydrogen-bond acceptors (Lipinski definition) is 5. The van der Waals surface area contributed by atoms with Crippen LogP contribution in [0.2, 0.25) is 0 Å². The zero-order valence-electron chi connectivity index (χ0n) is 12.6. The lowest BCUT2D eigenvalue weighted by molar-refractivity contribution is -0.140. The van der Waals surface area contributed by atoms with Gasteiger partial charge in [-0.2, -0.15) is 0 Å². The molecule has 0 radical (unpaired) electrons. The fourth-order valence-electron chi connectivity index (χ4n) is 2.73. The van der Waals surface area contributed by atoms with Gasteiger partial charge in [-0.1, -0.05) is 6.07 Å². The quantitative estimate of drug-likeness (QED) is 0.665. The van der Waals surface area contributed by atoms with Crippen LogP contribution in [0.25, 0.3) is 0 Å². The van der Waals surface area contributed by atoms with E-state index in [0.29, 0.717) is 11.7 Å². The zero-order valence-corrected chi connectivity index (χ0v) is 13.5. The summed E-state index contributed by atoms with van der Waals surface area (Å²) in [6, 6.07) is 9.20. The van der Waals surface area contributed by atoms with Crippen LogP contribution < -0.4 is 5.32 Å².